The van der Waals surface area contributed by atoms with Gasteiger partial charge in [0.15, 0.2) is 0 Å². The van der Waals surface area contributed by atoms with Gasteiger partial charge in [-0.05, 0) is 25.8 Å². The first kappa shape index (κ1) is 14.2. The summed E-state index contributed by atoms with van der Waals surface area (Å²) < 4.78 is 2.12. The highest BCUT2D eigenvalue weighted by atomic mass is 15.0. The summed E-state index contributed by atoms with van der Waals surface area (Å²) in [6, 6.07) is 0.714. The van der Waals surface area contributed by atoms with E-state index in [4.69, 9.17) is 0 Å². The molecule has 17 heavy (non-hydrogen) atoms. The van der Waals surface area contributed by atoms with Crippen LogP contribution in [0.1, 0.15) is 51.8 Å². The highest BCUT2D eigenvalue weighted by molar-refractivity contribution is 4.90. The SMILES string of the molecule is CCCC(CCCCc1nccn1C)NCC. The third-order valence-corrected chi connectivity index (χ3v) is 3.25. The van der Waals surface area contributed by atoms with Crippen molar-refractivity contribution in [2.45, 2.75) is 58.4 Å². The molecule has 0 aliphatic rings. The minimum absolute atomic E-state index is 0.714. The van der Waals surface area contributed by atoms with Gasteiger partial charge < -0.3 is 9.88 Å². The molecule has 1 unspecified atom stereocenters. The predicted molar refractivity (Wildman–Crippen MR) is 73.1 cm³/mol. The number of nitrogens with zero attached hydrogens (tertiary/aromatic N) is 2. The van der Waals surface area contributed by atoms with Crippen molar-refractivity contribution in [3.63, 3.8) is 0 Å². The van der Waals surface area contributed by atoms with Crippen LogP contribution in [-0.2, 0) is 13.5 Å². The average molecular weight is 237 g/mol. The second kappa shape index (κ2) is 8.29. The Labute approximate surface area is 106 Å². The van der Waals surface area contributed by atoms with Crippen LogP contribution in [0.3, 0.4) is 0 Å². The van der Waals surface area contributed by atoms with Crippen molar-refractivity contribution in [2.75, 3.05) is 6.54 Å². The van der Waals surface area contributed by atoms with Crippen molar-refractivity contribution in [1.82, 2.24) is 14.9 Å². The zero-order valence-corrected chi connectivity index (χ0v) is 11.6. The Kier molecular flexibility index (Phi) is 6.94. The Morgan fingerprint density at radius 1 is 1.29 bits per heavy atom. The lowest BCUT2D eigenvalue weighted by atomic mass is 10.0. The van der Waals surface area contributed by atoms with Crippen LogP contribution in [0.15, 0.2) is 12.4 Å². The van der Waals surface area contributed by atoms with Crippen molar-refractivity contribution in [2.24, 2.45) is 7.05 Å². The summed E-state index contributed by atoms with van der Waals surface area (Å²) in [5.74, 6) is 1.21. The molecule has 1 rings (SSSR count). The smallest absolute Gasteiger partial charge is 0.108 e. The largest absolute Gasteiger partial charge is 0.338 e. The summed E-state index contributed by atoms with van der Waals surface area (Å²) in [6.45, 7) is 5.54. The number of aryl methyl sites for hydroxylation is 2. The molecule has 1 aromatic rings. The van der Waals surface area contributed by atoms with Gasteiger partial charge in [0.2, 0.25) is 0 Å². The van der Waals surface area contributed by atoms with E-state index in [-0.39, 0.29) is 0 Å². The quantitative estimate of drug-likeness (QED) is 0.669. The molecule has 0 aromatic carbocycles. The first-order valence-electron chi connectivity index (χ1n) is 6.97. The van der Waals surface area contributed by atoms with Gasteiger partial charge in [-0.15, -0.1) is 0 Å². The van der Waals surface area contributed by atoms with Gasteiger partial charge in [-0.3, -0.25) is 0 Å². The van der Waals surface area contributed by atoms with Crippen LogP contribution in [0.25, 0.3) is 0 Å². The van der Waals surface area contributed by atoms with Gasteiger partial charge in [-0.25, -0.2) is 4.98 Å². The number of hydrogen-bond donors (Lipinski definition) is 1. The summed E-state index contributed by atoms with van der Waals surface area (Å²) in [5.41, 5.74) is 0. The molecule has 0 fully saturated rings. The van der Waals surface area contributed by atoms with E-state index in [1.54, 1.807) is 0 Å². The fraction of sp³-hybridized carbons (Fsp3) is 0.786. The van der Waals surface area contributed by atoms with Crippen LogP contribution in [-0.4, -0.2) is 22.1 Å². The lowest BCUT2D eigenvalue weighted by Gasteiger charge is -2.16. The maximum absolute atomic E-state index is 4.35. The maximum Gasteiger partial charge on any atom is 0.108 e. The number of nitrogens with one attached hydrogen (secondary N) is 1. The van der Waals surface area contributed by atoms with Gasteiger partial charge >= 0.3 is 0 Å². The molecule has 98 valence electrons. The van der Waals surface area contributed by atoms with E-state index in [0.29, 0.717) is 6.04 Å². The fourth-order valence-electron chi connectivity index (χ4n) is 2.30. The third kappa shape index (κ3) is 5.35. The molecule has 1 atom stereocenters. The zero-order chi connectivity index (χ0) is 12.5. The van der Waals surface area contributed by atoms with Crippen LogP contribution < -0.4 is 5.32 Å². The molecule has 1 N–H and O–H groups in total. The maximum atomic E-state index is 4.35. The van der Waals surface area contributed by atoms with E-state index in [9.17, 15) is 0 Å². The Morgan fingerprint density at radius 2 is 2.12 bits per heavy atom. The molecule has 0 aliphatic carbocycles. The van der Waals surface area contributed by atoms with E-state index in [0.717, 1.165) is 13.0 Å². The van der Waals surface area contributed by atoms with E-state index in [2.05, 4.69) is 35.8 Å². The summed E-state index contributed by atoms with van der Waals surface area (Å²) in [5, 5.41) is 3.57. The lowest BCUT2D eigenvalue weighted by Crippen LogP contribution is -2.28. The summed E-state index contributed by atoms with van der Waals surface area (Å²) in [4.78, 5) is 4.35. The van der Waals surface area contributed by atoms with Crippen molar-refractivity contribution in [3.05, 3.63) is 18.2 Å². The normalized spacial score (nSPS) is 12.9. The van der Waals surface area contributed by atoms with E-state index < -0.39 is 0 Å². The molecule has 3 heteroatoms. The van der Waals surface area contributed by atoms with Crippen LogP contribution in [0.5, 0.6) is 0 Å². The van der Waals surface area contributed by atoms with Crippen molar-refractivity contribution in [3.8, 4) is 0 Å². The van der Waals surface area contributed by atoms with Gasteiger partial charge in [-0.2, -0.15) is 0 Å². The van der Waals surface area contributed by atoms with Gasteiger partial charge in [0.05, 0.1) is 0 Å². The number of hydrogen-bond acceptors (Lipinski definition) is 2. The number of imidazole rings is 1. The molecule has 1 aromatic heterocycles. The first-order chi connectivity index (χ1) is 8.27. The number of unbranched alkanes of at least 4 members (excludes halogenated alkanes) is 1. The van der Waals surface area contributed by atoms with Crippen LogP contribution in [0.2, 0.25) is 0 Å². The van der Waals surface area contributed by atoms with E-state index in [1.165, 1.54) is 37.9 Å². The monoisotopic (exact) mass is 237 g/mol. The van der Waals surface area contributed by atoms with Crippen molar-refractivity contribution >= 4 is 0 Å². The van der Waals surface area contributed by atoms with Crippen LogP contribution in [0, 0.1) is 0 Å². The highest BCUT2D eigenvalue weighted by Gasteiger charge is 2.06. The zero-order valence-electron chi connectivity index (χ0n) is 11.6. The molecule has 3 nitrogen and oxygen atoms in total. The molecule has 0 spiro atoms. The summed E-state index contributed by atoms with van der Waals surface area (Å²) in [6.07, 6.45) is 11.4. The molecular formula is C14H27N3. The second-order valence-electron chi connectivity index (χ2n) is 4.74. The molecule has 0 amide bonds. The fourth-order valence-corrected chi connectivity index (χ4v) is 2.30. The lowest BCUT2D eigenvalue weighted by molar-refractivity contribution is 0.440. The third-order valence-electron chi connectivity index (χ3n) is 3.25. The van der Waals surface area contributed by atoms with Gasteiger partial charge in [0.25, 0.3) is 0 Å². The molecular weight excluding hydrogens is 210 g/mol. The highest BCUT2D eigenvalue weighted by Crippen LogP contribution is 2.09. The van der Waals surface area contributed by atoms with E-state index >= 15 is 0 Å². The van der Waals surface area contributed by atoms with Gasteiger partial charge in [-0.1, -0.05) is 26.7 Å². The number of rotatable bonds is 9. The Balaban J connectivity index is 2.15. The molecule has 0 saturated heterocycles. The first-order valence-corrected chi connectivity index (χ1v) is 6.97. The number of aromatic nitrogens is 2. The predicted octanol–water partition coefficient (Wildman–Crippen LogP) is 2.91. The molecule has 0 radical (unpaired) electrons. The second-order valence-corrected chi connectivity index (χ2v) is 4.74. The molecule has 0 bridgehead atoms. The van der Waals surface area contributed by atoms with Crippen LogP contribution >= 0.6 is 0 Å². The molecule has 0 aliphatic heterocycles. The minimum Gasteiger partial charge on any atom is -0.338 e. The van der Waals surface area contributed by atoms with E-state index in [1.807, 2.05) is 12.4 Å². The minimum atomic E-state index is 0.714. The van der Waals surface area contributed by atoms with Crippen LogP contribution in [0.4, 0.5) is 0 Å². The molecule has 0 saturated carbocycles. The Hall–Kier alpha value is -0.830. The Bertz CT molecular complexity index is 287. The standard InChI is InChI=1S/C14H27N3/c1-4-8-13(15-5-2)9-6-7-10-14-16-11-12-17(14)3/h11-13,15H,4-10H2,1-3H3. The average Bonchev–Trinajstić information content (AvgIpc) is 2.71. The summed E-state index contributed by atoms with van der Waals surface area (Å²) in [7, 11) is 2.07. The van der Waals surface area contributed by atoms with Crippen molar-refractivity contribution < 1.29 is 0 Å². The topological polar surface area (TPSA) is 29.9 Å². The van der Waals surface area contributed by atoms with Crippen molar-refractivity contribution in [1.29, 1.82) is 0 Å². The summed E-state index contributed by atoms with van der Waals surface area (Å²) >= 11 is 0. The molecule has 1 heterocycles. The Morgan fingerprint density at radius 3 is 2.71 bits per heavy atom. The van der Waals surface area contributed by atoms with Gasteiger partial charge in [0, 0.05) is 31.9 Å². The van der Waals surface area contributed by atoms with Gasteiger partial charge in [0.1, 0.15) is 5.82 Å².